The third-order valence-corrected chi connectivity index (χ3v) is 5.19. The Labute approximate surface area is 173 Å². The molecule has 2 aromatic rings. The van der Waals surface area contributed by atoms with Crippen molar-refractivity contribution in [1.29, 1.82) is 0 Å². The Morgan fingerprint density at radius 1 is 1.29 bits per heavy atom. The molecule has 9 nitrogen and oxygen atoms in total. The second kappa shape index (κ2) is 9.60. The van der Waals surface area contributed by atoms with Crippen molar-refractivity contribution in [2.24, 2.45) is 5.10 Å². The lowest BCUT2D eigenvalue weighted by Gasteiger charge is -2.01. The lowest BCUT2D eigenvalue weighted by atomic mass is 10.2. The summed E-state index contributed by atoms with van der Waals surface area (Å²) in [6.45, 7) is 2.20. The van der Waals surface area contributed by atoms with Gasteiger partial charge in [-0.15, -0.1) is 10.2 Å². The van der Waals surface area contributed by atoms with E-state index in [2.05, 4.69) is 42.0 Å². The summed E-state index contributed by atoms with van der Waals surface area (Å²) >= 11 is 4.58. The fraction of sp³-hybridized carbons (Fsp3) is 0.353. The number of hydrogen-bond acceptors (Lipinski definition) is 8. The van der Waals surface area contributed by atoms with Crippen LogP contribution in [0.2, 0.25) is 0 Å². The molecule has 28 heavy (non-hydrogen) atoms. The predicted molar refractivity (Wildman–Crippen MR) is 108 cm³/mol. The average Bonchev–Trinajstić information content (AvgIpc) is 3.29. The molecule has 2 amide bonds. The van der Waals surface area contributed by atoms with Gasteiger partial charge in [0.2, 0.25) is 23.7 Å². The first kappa shape index (κ1) is 20.2. The highest BCUT2D eigenvalue weighted by atomic mass is 79.9. The largest absolute Gasteiger partial charge is 0.454 e. The van der Waals surface area contributed by atoms with Crippen LogP contribution >= 0.6 is 27.3 Å². The number of carbonyl (C=O) groups is 2. The number of benzene rings is 1. The van der Waals surface area contributed by atoms with Crippen molar-refractivity contribution >= 4 is 50.4 Å². The monoisotopic (exact) mass is 467 g/mol. The van der Waals surface area contributed by atoms with E-state index in [4.69, 9.17) is 9.47 Å². The van der Waals surface area contributed by atoms with E-state index in [0.717, 1.165) is 34.2 Å². The standard InChI is InChI=1S/C17H18BrN5O4S/c1-2-3-4-14(24)20-17-23-22-16(28-17)7-15(25)21-19-8-10-5-12-13(6-11(10)18)27-9-26-12/h5-6,8H,2-4,7,9H2,1H3,(H,21,25)(H,20,23,24)/b19-8-. The first-order chi connectivity index (χ1) is 13.5. The second-order valence-electron chi connectivity index (χ2n) is 5.85. The normalized spacial score (nSPS) is 12.4. The predicted octanol–water partition coefficient (Wildman–Crippen LogP) is 2.85. The molecule has 2 heterocycles. The van der Waals surface area contributed by atoms with Gasteiger partial charge in [-0.25, -0.2) is 5.43 Å². The van der Waals surface area contributed by atoms with Crippen molar-refractivity contribution in [3.05, 3.63) is 27.2 Å². The molecule has 0 saturated heterocycles. The highest BCUT2D eigenvalue weighted by Crippen LogP contribution is 2.36. The summed E-state index contributed by atoms with van der Waals surface area (Å²) in [6, 6.07) is 3.55. The second-order valence-corrected chi connectivity index (χ2v) is 7.77. The fourth-order valence-corrected chi connectivity index (χ4v) is 3.46. The number of halogens is 1. The van der Waals surface area contributed by atoms with Gasteiger partial charge in [-0.3, -0.25) is 9.59 Å². The quantitative estimate of drug-likeness (QED) is 0.455. The minimum absolute atomic E-state index is 0.0160. The molecule has 3 rings (SSSR count). The van der Waals surface area contributed by atoms with E-state index in [1.54, 1.807) is 12.1 Å². The van der Waals surface area contributed by atoms with Crippen molar-refractivity contribution in [3.8, 4) is 11.5 Å². The first-order valence-corrected chi connectivity index (χ1v) is 10.2. The summed E-state index contributed by atoms with van der Waals surface area (Å²) in [5, 5.41) is 15.3. The van der Waals surface area contributed by atoms with Crippen LogP contribution in [-0.4, -0.2) is 35.0 Å². The van der Waals surface area contributed by atoms with Crippen molar-refractivity contribution in [2.45, 2.75) is 32.6 Å². The molecule has 0 radical (unpaired) electrons. The minimum Gasteiger partial charge on any atom is -0.454 e. The van der Waals surface area contributed by atoms with Crippen LogP contribution < -0.4 is 20.2 Å². The molecule has 0 spiro atoms. The van der Waals surface area contributed by atoms with Crippen LogP contribution in [0.4, 0.5) is 5.13 Å². The van der Waals surface area contributed by atoms with Crippen LogP contribution in [0, 0.1) is 0 Å². The first-order valence-electron chi connectivity index (χ1n) is 8.58. The molecule has 0 atom stereocenters. The number of amides is 2. The van der Waals surface area contributed by atoms with Crippen LogP contribution in [0.5, 0.6) is 11.5 Å². The number of unbranched alkanes of at least 4 members (excludes halogenated alkanes) is 1. The van der Waals surface area contributed by atoms with Crippen LogP contribution in [0.1, 0.15) is 36.8 Å². The molecule has 1 aliphatic heterocycles. The zero-order valence-corrected chi connectivity index (χ0v) is 17.4. The summed E-state index contributed by atoms with van der Waals surface area (Å²) in [5.74, 6) is 0.835. The van der Waals surface area contributed by atoms with Crippen molar-refractivity contribution in [3.63, 3.8) is 0 Å². The Morgan fingerprint density at radius 2 is 2.07 bits per heavy atom. The molecule has 0 saturated carbocycles. The Balaban J connectivity index is 1.50. The number of aromatic nitrogens is 2. The van der Waals surface area contributed by atoms with E-state index in [1.165, 1.54) is 6.21 Å². The van der Waals surface area contributed by atoms with Crippen molar-refractivity contribution < 1.29 is 19.1 Å². The summed E-state index contributed by atoms with van der Waals surface area (Å²) in [4.78, 5) is 23.7. The van der Waals surface area contributed by atoms with E-state index in [1.807, 2.05) is 6.92 Å². The molecule has 0 unspecified atom stereocenters. The van der Waals surface area contributed by atoms with Crippen LogP contribution in [-0.2, 0) is 16.0 Å². The van der Waals surface area contributed by atoms with E-state index >= 15 is 0 Å². The van der Waals surface area contributed by atoms with E-state index in [9.17, 15) is 9.59 Å². The minimum atomic E-state index is -0.340. The van der Waals surface area contributed by atoms with Gasteiger partial charge >= 0.3 is 0 Å². The maximum Gasteiger partial charge on any atom is 0.247 e. The summed E-state index contributed by atoms with van der Waals surface area (Å²) in [6.07, 6.45) is 3.72. The van der Waals surface area contributed by atoms with Crippen LogP contribution in [0.15, 0.2) is 21.7 Å². The summed E-state index contributed by atoms with van der Waals surface area (Å²) in [7, 11) is 0. The lowest BCUT2D eigenvalue weighted by Crippen LogP contribution is -2.19. The molecule has 1 aliphatic rings. The highest BCUT2D eigenvalue weighted by Gasteiger charge is 2.16. The maximum atomic E-state index is 12.0. The number of rotatable bonds is 8. The third-order valence-electron chi connectivity index (χ3n) is 3.67. The lowest BCUT2D eigenvalue weighted by molar-refractivity contribution is -0.120. The zero-order chi connectivity index (χ0) is 19.9. The molecule has 0 aliphatic carbocycles. The van der Waals surface area contributed by atoms with Gasteiger partial charge in [0.05, 0.1) is 12.6 Å². The summed E-state index contributed by atoms with van der Waals surface area (Å²) < 4.78 is 11.4. The van der Waals surface area contributed by atoms with Crippen LogP contribution in [0.3, 0.4) is 0 Å². The molecule has 1 aromatic heterocycles. The van der Waals surface area contributed by atoms with Gasteiger partial charge in [0.15, 0.2) is 11.5 Å². The molecule has 2 N–H and O–H groups in total. The molecule has 0 bridgehead atoms. The van der Waals surface area contributed by atoms with E-state index < -0.39 is 0 Å². The smallest absolute Gasteiger partial charge is 0.247 e. The molecular weight excluding hydrogens is 450 g/mol. The van der Waals surface area contributed by atoms with E-state index in [0.29, 0.717) is 28.1 Å². The maximum absolute atomic E-state index is 12.0. The molecule has 0 fully saturated rings. The van der Waals surface area contributed by atoms with Crippen molar-refractivity contribution in [2.75, 3.05) is 12.1 Å². The van der Waals surface area contributed by atoms with Gasteiger partial charge in [-0.2, -0.15) is 5.10 Å². The van der Waals surface area contributed by atoms with Gasteiger partial charge in [0.1, 0.15) is 5.01 Å². The number of anilines is 1. The number of ether oxygens (including phenoxy) is 2. The number of fused-ring (bicyclic) bond motifs is 1. The molecule has 11 heteroatoms. The fourth-order valence-electron chi connectivity index (χ4n) is 2.28. The topological polar surface area (TPSA) is 115 Å². The SMILES string of the molecule is CCCCC(=O)Nc1nnc(CC(=O)N/N=C\c2cc3c(cc2Br)OCO3)s1. The van der Waals surface area contributed by atoms with Gasteiger partial charge in [-0.1, -0.05) is 24.7 Å². The number of nitrogens with zero attached hydrogens (tertiary/aromatic N) is 3. The Hall–Kier alpha value is -2.53. The number of hydrogen-bond donors (Lipinski definition) is 2. The number of carbonyl (C=O) groups excluding carboxylic acids is 2. The molecule has 1 aromatic carbocycles. The van der Waals surface area contributed by atoms with Gasteiger partial charge in [0.25, 0.3) is 0 Å². The van der Waals surface area contributed by atoms with Gasteiger partial charge < -0.3 is 14.8 Å². The number of nitrogens with one attached hydrogen (secondary N) is 2. The van der Waals surface area contributed by atoms with E-state index in [-0.39, 0.29) is 25.0 Å². The summed E-state index contributed by atoms with van der Waals surface area (Å²) in [5.41, 5.74) is 3.18. The number of hydrazone groups is 1. The van der Waals surface area contributed by atoms with Gasteiger partial charge in [-0.05, 0) is 34.5 Å². The molecule has 148 valence electrons. The Kier molecular flexibility index (Phi) is 6.93. The Bertz CT molecular complexity index is 902. The van der Waals surface area contributed by atoms with Crippen LogP contribution in [0.25, 0.3) is 0 Å². The van der Waals surface area contributed by atoms with Gasteiger partial charge in [0, 0.05) is 16.5 Å². The average molecular weight is 468 g/mol. The molecular formula is C17H18BrN5O4S. The third kappa shape index (κ3) is 5.49. The highest BCUT2D eigenvalue weighted by molar-refractivity contribution is 9.10. The zero-order valence-electron chi connectivity index (χ0n) is 15.0. The van der Waals surface area contributed by atoms with Crippen molar-refractivity contribution in [1.82, 2.24) is 15.6 Å². The Morgan fingerprint density at radius 3 is 2.86 bits per heavy atom.